The summed E-state index contributed by atoms with van der Waals surface area (Å²) in [5.41, 5.74) is 9.55. The summed E-state index contributed by atoms with van der Waals surface area (Å²) in [4.78, 5) is 8.66. The lowest BCUT2D eigenvalue weighted by molar-refractivity contribution is 0.479. The third kappa shape index (κ3) is 4.29. The molecule has 0 radical (unpaired) electrons. The molecule has 0 N–H and O–H groups in total. The Labute approximate surface area is 310 Å². The van der Waals surface area contributed by atoms with Crippen molar-refractivity contribution in [3.05, 3.63) is 145 Å². The second kappa shape index (κ2) is 10.7. The molecule has 53 heavy (non-hydrogen) atoms. The summed E-state index contributed by atoms with van der Waals surface area (Å²) in [6.07, 6.45) is 1.87. The van der Waals surface area contributed by atoms with Crippen molar-refractivity contribution < 1.29 is 8.85 Å². The second-order valence-corrected chi connectivity index (χ2v) is 15.2. The van der Waals surface area contributed by atoms with Crippen LogP contribution in [0.4, 0.5) is 17.1 Å². The van der Waals surface area contributed by atoms with Crippen LogP contribution in [0, 0.1) is 0 Å². The maximum atomic E-state index is 8.26. The fourth-order valence-electron chi connectivity index (χ4n) is 8.57. The number of fused-ring (bicyclic) bond motifs is 11. The third-order valence-electron chi connectivity index (χ3n) is 11.0. The van der Waals surface area contributed by atoms with Gasteiger partial charge in [0.2, 0.25) is 0 Å². The molecule has 0 saturated carbocycles. The molecular formula is C47H37N5O. The molecule has 0 fully saturated rings. The van der Waals surface area contributed by atoms with E-state index < -0.39 is 6.98 Å². The summed E-state index contributed by atoms with van der Waals surface area (Å²) in [6.45, 7) is 4.46. The van der Waals surface area contributed by atoms with Gasteiger partial charge in [-0.05, 0) is 65.6 Å². The van der Waals surface area contributed by atoms with Crippen molar-refractivity contribution in [2.24, 2.45) is 0 Å². The molecule has 0 spiro atoms. The standard InChI is InChI=1S/C47H37N5O/c1-47(2,3)29-24-30(50-28-49(4)40-18-7-8-19-41(40)50)26-32(25-29)53-31-21-22-34-36-14-10-16-38-37-15-9-13-35-33-12-5-6-17-39(33)51(44(35)37)42-20-11-23-48-46(42)52(45(36)38)43(34)27-31/h5-27H,28H2,1-4H3/i4D3. The van der Waals surface area contributed by atoms with E-state index in [2.05, 4.69) is 125 Å². The Morgan fingerprint density at radius 2 is 1.25 bits per heavy atom. The van der Waals surface area contributed by atoms with Gasteiger partial charge in [-0.15, -0.1) is 0 Å². The lowest BCUT2D eigenvalue weighted by Crippen LogP contribution is -2.24. The second-order valence-electron chi connectivity index (χ2n) is 15.2. The van der Waals surface area contributed by atoms with Gasteiger partial charge in [-0.3, -0.25) is 4.40 Å². The predicted octanol–water partition coefficient (Wildman–Crippen LogP) is 12.0. The monoisotopic (exact) mass is 690 g/mol. The molecule has 1 aliphatic rings. The molecule has 6 aromatic carbocycles. The maximum Gasteiger partial charge on any atom is 0.162 e. The van der Waals surface area contributed by atoms with Crippen molar-refractivity contribution in [3.8, 4) is 11.5 Å². The van der Waals surface area contributed by atoms with E-state index in [1.165, 1.54) is 26.6 Å². The Balaban J connectivity index is 1.15. The number of anilines is 3. The average Bonchev–Trinajstić information content (AvgIpc) is 3.85. The van der Waals surface area contributed by atoms with Gasteiger partial charge in [-0.25, -0.2) is 4.98 Å². The fraction of sp³-hybridized carbons (Fsp3) is 0.128. The Hall–Kier alpha value is -6.53. The van der Waals surface area contributed by atoms with Crippen LogP contribution in [0.1, 0.15) is 30.4 Å². The minimum atomic E-state index is -2.28. The van der Waals surface area contributed by atoms with E-state index in [-0.39, 0.29) is 12.1 Å². The van der Waals surface area contributed by atoms with Gasteiger partial charge in [0.1, 0.15) is 11.5 Å². The Bertz CT molecular complexity index is 3260. The van der Waals surface area contributed by atoms with Gasteiger partial charge in [-0.1, -0.05) is 87.5 Å². The number of rotatable bonds is 3. The highest BCUT2D eigenvalue weighted by molar-refractivity contribution is 6.25. The van der Waals surface area contributed by atoms with Crippen LogP contribution in [0.3, 0.4) is 0 Å². The van der Waals surface area contributed by atoms with E-state index in [9.17, 15) is 0 Å². The first kappa shape index (κ1) is 27.2. The molecule has 5 heterocycles. The van der Waals surface area contributed by atoms with Crippen molar-refractivity contribution in [1.29, 1.82) is 0 Å². The quantitative estimate of drug-likeness (QED) is 0.185. The molecule has 256 valence electrons. The molecule has 10 aromatic rings. The molecule has 0 atom stereocenters. The number of ether oxygens (including phenoxy) is 1. The smallest absolute Gasteiger partial charge is 0.162 e. The number of hydrogen-bond acceptors (Lipinski definition) is 4. The third-order valence-corrected chi connectivity index (χ3v) is 11.0. The topological polar surface area (TPSA) is 37.4 Å². The lowest BCUT2D eigenvalue weighted by atomic mass is 9.86. The Morgan fingerprint density at radius 3 is 2.02 bits per heavy atom. The zero-order valence-corrected chi connectivity index (χ0v) is 29.6. The van der Waals surface area contributed by atoms with E-state index in [1.54, 1.807) is 0 Å². The molecule has 0 aliphatic carbocycles. The van der Waals surface area contributed by atoms with Crippen LogP contribution in [0.2, 0.25) is 0 Å². The molecule has 11 rings (SSSR count). The lowest BCUT2D eigenvalue weighted by Gasteiger charge is -2.25. The molecule has 0 bridgehead atoms. The Kier molecular flexibility index (Phi) is 5.51. The number of aromatic nitrogens is 3. The normalized spacial score (nSPS) is 14.6. The summed E-state index contributed by atoms with van der Waals surface area (Å²) >= 11 is 0. The summed E-state index contributed by atoms with van der Waals surface area (Å²) in [5, 5.41) is 6.99. The fourth-order valence-corrected chi connectivity index (χ4v) is 8.57. The van der Waals surface area contributed by atoms with E-state index in [1.807, 2.05) is 48.7 Å². The first-order chi connectivity index (χ1) is 27.0. The summed E-state index contributed by atoms with van der Waals surface area (Å²) in [5.74, 6) is 1.37. The molecular weight excluding hydrogens is 651 g/mol. The van der Waals surface area contributed by atoms with Crippen molar-refractivity contribution in [2.45, 2.75) is 26.2 Å². The zero-order valence-electron chi connectivity index (χ0n) is 32.6. The van der Waals surface area contributed by atoms with E-state index >= 15 is 0 Å². The van der Waals surface area contributed by atoms with Gasteiger partial charge >= 0.3 is 0 Å². The van der Waals surface area contributed by atoms with E-state index in [0.717, 1.165) is 60.8 Å². The van der Waals surface area contributed by atoms with Gasteiger partial charge in [-0.2, -0.15) is 0 Å². The molecule has 1 aliphatic heterocycles. The molecule has 4 aromatic heterocycles. The minimum absolute atomic E-state index is 0.197. The minimum Gasteiger partial charge on any atom is -0.457 e. The van der Waals surface area contributed by atoms with Crippen molar-refractivity contribution >= 4 is 82.6 Å². The Morgan fingerprint density at radius 1 is 0.585 bits per heavy atom. The summed E-state index contributed by atoms with van der Waals surface area (Å²) in [7, 11) is 0. The average molecular weight is 691 g/mol. The van der Waals surface area contributed by atoms with Crippen molar-refractivity contribution in [3.63, 3.8) is 0 Å². The van der Waals surface area contributed by atoms with Crippen LogP contribution in [-0.2, 0) is 5.41 Å². The first-order valence-electron chi connectivity index (χ1n) is 19.6. The van der Waals surface area contributed by atoms with Crippen LogP contribution in [-0.4, -0.2) is 27.4 Å². The van der Waals surface area contributed by atoms with Crippen molar-refractivity contribution in [2.75, 3.05) is 23.4 Å². The van der Waals surface area contributed by atoms with Crippen LogP contribution in [0.15, 0.2) is 140 Å². The maximum absolute atomic E-state index is 8.26. The van der Waals surface area contributed by atoms with Gasteiger partial charge in [0.15, 0.2) is 5.65 Å². The zero-order chi connectivity index (χ0) is 38.1. The highest BCUT2D eigenvalue weighted by Crippen LogP contribution is 2.44. The molecule has 0 unspecified atom stereocenters. The summed E-state index contributed by atoms with van der Waals surface area (Å²) in [6, 6.07) is 46.3. The molecule has 0 amide bonds. The van der Waals surface area contributed by atoms with E-state index in [4.69, 9.17) is 13.8 Å². The predicted molar refractivity (Wildman–Crippen MR) is 221 cm³/mol. The van der Waals surface area contributed by atoms with Gasteiger partial charge in [0, 0.05) is 67.4 Å². The molecule has 6 heteroatoms. The highest BCUT2D eigenvalue weighted by Gasteiger charge is 2.27. The molecule has 6 nitrogen and oxygen atoms in total. The van der Waals surface area contributed by atoms with Crippen LogP contribution < -0.4 is 14.5 Å². The van der Waals surface area contributed by atoms with Crippen LogP contribution >= 0.6 is 0 Å². The van der Waals surface area contributed by atoms with Gasteiger partial charge in [0.05, 0.1) is 45.6 Å². The number of hydrogen-bond donors (Lipinski definition) is 0. The van der Waals surface area contributed by atoms with Crippen LogP contribution in [0.25, 0.3) is 65.5 Å². The summed E-state index contributed by atoms with van der Waals surface area (Å²) < 4.78 is 36.3. The number of benzene rings is 6. The highest BCUT2D eigenvalue weighted by atomic mass is 16.5. The van der Waals surface area contributed by atoms with Crippen molar-refractivity contribution in [1.82, 2.24) is 13.8 Å². The van der Waals surface area contributed by atoms with Crippen LogP contribution in [0.5, 0.6) is 11.5 Å². The van der Waals surface area contributed by atoms with Gasteiger partial charge in [0.25, 0.3) is 0 Å². The largest absolute Gasteiger partial charge is 0.457 e. The number of pyridine rings is 1. The number of nitrogens with zero attached hydrogens (tertiary/aromatic N) is 5. The molecule has 0 saturated heterocycles. The van der Waals surface area contributed by atoms with E-state index in [0.29, 0.717) is 17.2 Å². The van der Waals surface area contributed by atoms with Gasteiger partial charge < -0.3 is 18.9 Å². The SMILES string of the molecule is [2H]C([2H])([2H])N1CN(c2cc(Oc3ccc4c5cccc6c7cccc8c9ccccc9n(c9cccnc9n(c4c3)c56)c87)cc(C(C)(C)C)c2)c2ccccc21. The number of para-hydroxylation sites is 5. The first-order valence-corrected chi connectivity index (χ1v) is 18.1.